The van der Waals surface area contributed by atoms with Gasteiger partial charge in [-0.25, -0.2) is 0 Å². The molecule has 0 aliphatic carbocycles. The minimum atomic E-state index is 0.480. The van der Waals surface area contributed by atoms with Crippen LogP contribution in [0.1, 0.15) is 38.3 Å². The summed E-state index contributed by atoms with van der Waals surface area (Å²) in [5, 5.41) is 6.17. The van der Waals surface area contributed by atoms with Gasteiger partial charge in [-0.1, -0.05) is 54.4 Å². The number of hydrogen-bond acceptors (Lipinski definition) is 1. The van der Waals surface area contributed by atoms with E-state index in [0.29, 0.717) is 6.04 Å². The lowest BCUT2D eigenvalue weighted by Crippen LogP contribution is -2.20. The molecule has 0 amide bonds. The standard InChI is InChI=1S/C16H20BrN/c1-3-5-16(18-4-2)14-7-6-13-11-15(17)9-8-12(13)10-14/h6-11,16,18H,3-5H2,1-2H3. The lowest BCUT2D eigenvalue weighted by Gasteiger charge is -2.18. The van der Waals surface area contributed by atoms with Gasteiger partial charge in [0.1, 0.15) is 0 Å². The van der Waals surface area contributed by atoms with Crippen LogP contribution in [0.15, 0.2) is 40.9 Å². The summed E-state index contributed by atoms with van der Waals surface area (Å²) in [6.45, 7) is 5.42. The predicted molar refractivity (Wildman–Crippen MR) is 83.0 cm³/mol. The molecular formula is C16H20BrN. The largest absolute Gasteiger partial charge is 0.310 e. The Kier molecular flexibility index (Phi) is 4.79. The highest BCUT2D eigenvalue weighted by molar-refractivity contribution is 9.10. The number of nitrogens with one attached hydrogen (secondary N) is 1. The van der Waals surface area contributed by atoms with Gasteiger partial charge in [0.15, 0.2) is 0 Å². The van der Waals surface area contributed by atoms with E-state index in [1.165, 1.54) is 29.2 Å². The molecule has 2 rings (SSSR count). The molecule has 0 saturated carbocycles. The number of hydrogen-bond donors (Lipinski definition) is 1. The molecule has 96 valence electrons. The van der Waals surface area contributed by atoms with E-state index in [1.807, 2.05) is 0 Å². The summed E-state index contributed by atoms with van der Waals surface area (Å²) in [5.41, 5.74) is 1.40. The first-order valence-corrected chi connectivity index (χ1v) is 7.46. The summed E-state index contributed by atoms with van der Waals surface area (Å²) in [7, 11) is 0. The SMILES string of the molecule is CCCC(NCC)c1ccc2cc(Br)ccc2c1. The molecule has 0 aliphatic rings. The van der Waals surface area contributed by atoms with Crippen LogP contribution in [0.4, 0.5) is 0 Å². The van der Waals surface area contributed by atoms with Gasteiger partial charge in [0, 0.05) is 10.5 Å². The highest BCUT2D eigenvalue weighted by Crippen LogP contribution is 2.25. The summed E-state index contributed by atoms with van der Waals surface area (Å²) >= 11 is 3.52. The second-order valence-electron chi connectivity index (χ2n) is 4.65. The van der Waals surface area contributed by atoms with Crippen molar-refractivity contribution >= 4 is 26.7 Å². The van der Waals surface area contributed by atoms with E-state index in [4.69, 9.17) is 0 Å². The van der Waals surface area contributed by atoms with Crippen LogP contribution in [0, 0.1) is 0 Å². The van der Waals surface area contributed by atoms with Crippen LogP contribution in [-0.4, -0.2) is 6.54 Å². The fraction of sp³-hybridized carbons (Fsp3) is 0.375. The number of rotatable bonds is 5. The fourth-order valence-electron chi connectivity index (χ4n) is 2.37. The van der Waals surface area contributed by atoms with E-state index in [0.717, 1.165) is 11.0 Å². The van der Waals surface area contributed by atoms with Crippen molar-refractivity contribution in [3.8, 4) is 0 Å². The molecular weight excluding hydrogens is 286 g/mol. The van der Waals surface area contributed by atoms with Gasteiger partial charge in [0.25, 0.3) is 0 Å². The lowest BCUT2D eigenvalue weighted by molar-refractivity contribution is 0.510. The van der Waals surface area contributed by atoms with Gasteiger partial charge >= 0.3 is 0 Å². The lowest BCUT2D eigenvalue weighted by atomic mass is 9.99. The Morgan fingerprint density at radius 3 is 2.50 bits per heavy atom. The topological polar surface area (TPSA) is 12.0 Å². The van der Waals surface area contributed by atoms with Crippen LogP contribution >= 0.6 is 15.9 Å². The zero-order valence-electron chi connectivity index (χ0n) is 11.0. The van der Waals surface area contributed by atoms with Crippen LogP contribution in [0.25, 0.3) is 10.8 Å². The van der Waals surface area contributed by atoms with Gasteiger partial charge in [0.05, 0.1) is 0 Å². The van der Waals surface area contributed by atoms with Gasteiger partial charge in [-0.2, -0.15) is 0 Å². The van der Waals surface area contributed by atoms with Crippen LogP contribution < -0.4 is 5.32 Å². The second kappa shape index (κ2) is 6.35. The third kappa shape index (κ3) is 3.12. The Balaban J connectivity index is 2.35. The first-order valence-electron chi connectivity index (χ1n) is 6.67. The van der Waals surface area contributed by atoms with Crippen LogP contribution in [0.3, 0.4) is 0 Å². The molecule has 2 aromatic rings. The van der Waals surface area contributed by atoms with Crippen molar-refractivity contribution in [3.63, 3.8) is 0 Å². The Morgan fingerprint density at radius 2 is 1.78 bits per heavy atom. The molecule has 1 N–H and O–H groups in total. The molecule has 0 spiro atoms. The molecule has 0 aromatic heterocycles. The number of fused-ring (bicyclic) bond motifs is 1. The molecule has 2 heteroatoms. The molecule has 1 nitrogen and oxygen atoms in total. The van der Waals surface area contributed by atoms with Gasteiger partial charge in [0.2, 0.25) is 0 Å². The summed E-state index contributed by atoms with van der Waals surface area (Å²) in [4.78, 5) is 0. The highest BCUT2D eigenvalue weighted by atomic mass is 79.9. The van der Waals surface area contributed by atoms with Crippen LogP contribution in [0.5, 0.6) is 0 Å². The first-order chi connectivity index (χ1) is 8.74. The summed E-state index contributed by atoms with van der Waals surface area (Å²) in [6, 6.07) is 13.7. The molecule has 0 fully saturated rings. The molecule has 2 aromatic carbocycles. The predicted octanol–water partition coefficient (Wildman–Crippen LogP) is 5.05. The van der Waals surface area contributed by atoms with Gasteiger partial charge < -0.3 is 5.32 Å². The Hall–Kier alpha value is -0.860. The molecule has 0 bridgehead atoms. The van der Waals surface area contributed by atoms with Crippen molar-refractivity contribution in [2.24, 2.45) is 0 Å². The Morgan fingerprint density at radius 1 is 1.06 bits per heavy atom. The third-order valence-electron chi connectivity index (χ3n) is 3.26. The van der Waals surface area contributed by atoms with E-state index in [2.05, 4.69) is 71.5 Å². The van der Waals surface area contributed by atoms with E-state index in [-0.39, 0.29) is 0 Å². The van der Waals surface area contributed by atoms with Crippen LogP contribution in [-0.2, 0) is 0 Å². The maximum absolute atomic E-state index is 3.57. The Labute approximate surface area is 118 Å². The molecule has 18 heavy (non-hydrogen) atoms. The van der Waals surface area contributed by atoms with E-state index in [1.54, 1.807) is 0 Å². The first kappa shape index (κ1) is 13.6. The van der Waals surface area contributed by atoms with E-state index >= 15 is 0 Å². The average Bonchev–Trinajstić information content (AvgIpc) is 2.38. The van der Waals surface area contributed by atoms with Crippen molar-refractivity contribution in [2.45, 2.75) is 32.7 Å². The molecule has 0 aliphatic heterocycles. The minimum Gasteiger partial charge on any atom is -0.310 e. The fourth-order valence-corrected chi connectivity index (χ4v) is 2.75. The zero-order chi connectivity index (χ0) is 13.0. The molecule has 1 atom stereocenters. The maximum atomic E-state index is 3.57. The monoisotopic (exact) mass is 305 g/mol. The molecule has 0 heterocycles. The maximum Gasteiger partial charge on any atom is 0.0320 e. The smallest absolute Gasteiger partial charge is 0.0320 e. The molecule has 0 saturated heterocycles. The van der Waals surface area contributed by atoms with Crippen molar-refractivity contribution < 1.29 is 0 Å². The minimum absolute atomic E-state index is 0.480. The third-order valence-corrected chi connectivity index (χ3v) is 3.75. The van der Waals surface area contributed by atoms with E-state index < -0.39 is 0 Å². The Bertz CT molecular complexity index is 515. The quantitative estimate of drug-likeness (QED) is 0.815. The summed E-state index contributed by atoms with van der Waals surface area (Å²) in [6.07, 6.45) is 2.39. The second-order valence-corrected chi connectivity index (χ2v) is 5.57. The van der Waals surface area contributed by atoms with E-state index in [9.17, 15) is 0 Å². The van der Waals surface area contributed by atoms with Crippen LogP contribution in [0.2, 0.25) is 0 Å². The van der Waals surface area contributed by atoms with Crippen molar-refractivity contribution in [1.82, 2.24) is 5.32 Å². The number of benzene rings is 2. The summed E-state index contributed by atoms with van der Waals surface area (Å²) < 4.78 is 1.14. The van der Waals surface area contributed by atoms with Gasteiger partial charge in [-0.15, -0.1) is 0 Å². The highest BCUT2D eigenvalue weighted by Gasteiger charge is 2.09. The molecule has 0 radical (unpaired) electrons. The van der Waals surface area contributed by atoms with Gasteiger partial charge in [-0.3, -0.25) is 0 Å². The zero-order valence-corrected chi connectivity index (χ0v) is 12.6. The van der Waals surface area contributed by atoms with Gasteiger partial charge in [-0.05, 0) is 47.5 Å². The van der Waals surface area contributed by atoms with Crippen molar-refractivity contribution in [1.29, 1.82) is 0 Å². The molecule has 1 unspecified atom stereocenters. The van der Waals surface area contributed by atoms with Crippen molar-refractivity contribution in [3.05, 3.63) is 46.4 Å². The van der Waals surface area contributed by atoms with Crippen molar-refractivity contribution in [2.75, 3.05) is 6.54 Å². The average molecular weight is 306 g/mol. The normalized spacial score (nSPS) is 12.8. The number of halogens is 1. The summed E-state index contributed by atoms with van der Waals surface area (Å²) in [5.74, 6) is 0.